The first-order valence-electron chi connectivity index (χ1n) is 7.86. The summed E-state index contributed by atoms with van der Waals surface area (Å²) in [5.41, 5.74) is 5.70. The van der Waals surface area contributed by atoms with Crippen LogP contribution in [0.25, 0.3) is 0 Å². The van der Waals surface area contributed by atoms with Crippen molar-refractivity contribution >= 4 is 40.8 Å². The van der Waals surface area contributed by atoms with Crippen molar-refractivity contribution in [3.63, 3.8) is 0 Å². The first-order chi connectivity index (χ1) is 13.4. The van der Waals surface area contributed by atoms with Gasteiger partial charge in [-0.25, -0.2) is 4.79 Å². The quantitative estimate of drug-likeness (QED) is 0.361. The van der Waals surface area contributed by atoms with Crippen LogP contribution in [0.15, 0.2) is 48.5 Å². The average molecular weight is 401 g/mol. The van der Waals surface area contributed by atoms with Crippen LogP contribution in [0, 0.1) is 10.1 Å². The maximum absolute atomic E-state index is 12.2. The summed E-state index contributed by atoms with van der Waals surface area (Å²) in [4.78, 5) is 34.6. The van der Waals surface area contributed by atoms with Crippen molar-refractivity contribution in [2.24, 2.45) is 0 Å². The van der Waals surface area contributed by atoms with E-state index in [9.17, 15) is 14.9 Å². The highest BCUT2D eigenvalue weighted by Gasteiger charge is 2.22. The number of nitro benzene ring substituents is 1. The molecule has 0 amide bonds. The number of nitrogen functional groups attached to an aromatic ring is 1. The highest BCUT2D eigenvalue weighted by molar-refractivity contribution is 6.31. The number of nitro groups is 1. The van der Waals surface area contributed by atoms with Gasteiger partial charge < -0.3 is 15.8 Å². The largest absolute Gasteiger partial charge is 0.454 e. The Morgan fingerprint density at radius 3 is 2.64 bits per heavy atom. The van der Waals surface area contributed by atoms with Crippen LogP contribution < -0.4 is 11.1 Å². The third kappa shape index (κ3) is 4.68. The number of aromatic nitrogens is 3. The van der Waals surface area contributed by atoms with Crippen molar-refractivity contribution in [1.29, 1.82) is 0 Å². The number of hydrogen-bond acceptors (Lipinski definition) is 9. The van der Waals surface area contributed by atoms with E-state index in [2.05, 4.69) is 20.3 Å². The number of nitrogens with zero attached hydrogens (tertiary/aromatic N) is 4. The van der Waals surface area contributed by atoms with Gasteiger partial charge in [0, 0.05) is 16.8 Å². The fourth-order valence-corrected chi connectivity index (χ4v) is 2.41. The van der Waals surface area contributed by atoms with Crippen molar-refractivity contribution < 1.29 is 14.5 Å². The predicted molar refractivity (Wildman–Crippen MR) is 101 cm³/mol. The van der Waals surface area contributed by atoms with Gasteiger partial charge in [-0.15, -0.1) is 0 Å². The van der Waals surface area contributed by atoms with E-state index in [1.165, 1.54) is 12.1 Å². The molecule has 0 aliphatic carbocycles. The van der Waals surface area contributed by atoms with Crippen LogP contribution in [0.3, 0.4) is 0 Å². The molecule has 3 aromatic rings. The zero-order valence-corrected chi connectivity index (χ0v) is 15.0. The average Bonchev–Trinajstić information content (AvgIpc) is 2.66. The lowest BCUT2D eigenvalue weighted by atomic mass is 10.2. The van der Waals surface area contributed by atoms with Crippen LogP contribution in [0.5, 0.6) is 0 Å². The van der Waals surface area contributed by atoms with E-state index in [0.29, 0.717) is 0 Å². The lowest BCUT2D eigenvalue weighted by molar-refractivity contribution is -0.385. The molecule has 0 saturated heterocycles. The Hall–Kier alpha value is -3.79. The Bertz CT molecular complexity index is 1030. The zero-order chi connectivity index (χ0) is 20.1. The topological polar surface area (TPSA) is 146 Å². The summed E-state index contributed by atoms with van der Waals surface area (Å²) >= 11 is 5.74. The van der Waals surface area contributed by atoms with Gasteiger partial charge >= 0.3 is 5.97 Å². The molecule has 0 saturated carbocycles. The van der Waals surface area contributed by atoms with Crippen molar-refractivity contribution in [3.05, 3.63) is 75.1 Å². The minimum absolute atomic E-state index is 0.0723. The maximum Gasteiger partial charge on any atom is 0.345 e. The van der Waals surface area contributed by atoms with Crippen LogP contribution in [-0.2, 0) is 11.3 Å². The Kier molecular flexibility index (Phi) is 5.61. The molecule has 0 bridgehead atoms. The maximum atomic E-state index is 12.2. The fraction of sp³-hybridized carbons (Fsp3) is 0.0588. The summed E-state index contributed by atoms with van der Waals surface area (Å²) in [5.74, 6) is -0.741. The van der Waals surface area contributed by atoms with Crippen LogP contribution in [0.2, 0.25) is 5.02 Å². The number of nitrogens with one attached hydrogen (secondary N) is 1. The van der Waals surface area contributed by atoms with E-state index in [1.807, 2.05) is 18.2 Å². The smallest absolute Gasteiger partial charge is 0.345 e. The Balaban J connectivity index is 1.74. The SMILES string of the molecule is Nc1nc(COC(=O)c2ccc(Cl)cc2[N+](=O)[O-])nc(Nc2ccccc2)n1. The van der Waals surface area contributed by atoms with E-state index in [0.717, 1.165) is 11.8 Å². The minimum atomic E-state index is -0.917. The van der Waals surface area contributed by atoms with Crippen molar-refractivity contribution in [1.82, 2.24) is 15.0 Å². The van der Waals surface area contributed by atoms with Crippen LogP contribution in [0.1, 0.15) is 16.2 Å². The number of carbonyl (C=O) groups is 1. The van der Waals surface area contributed by atoms with E-state index in [4.69, 9.17) is 22.1 Å². The fourth-order valence-electron chi connectivity index (χ4n) is 2.25. The molecule has 0 fully saturated rings. The molecule has 0 aliphatic rings. The number of para-hydroxylation sites is 1. The number of nitrogens with two attached hydrogens (primary N) is 1. The van der Waals surface area contributed by atoms with Gasteiger partial charge in [0.2, 0.25) is 11.9 Å². The summed E-state index contributed by atoms with van der Waals surface area (Å²) in [6, 6.07) is 12.8. The molecule has 0 radical (unpaired) electrons. The van der Waals surface area contributed by atoms with Crippen molar-refractivity contribution in [2.75, 3.05) is 11.1 Å². The molecule has 3 N–H and O–H groups in total. The van der Waals surface area contributed by atoms with Gasteiger partial charge in [-0.05, 0) is 24.3 Å². The number of ether oxygens (including phenoxy) is 1. The predicted octanol–water partition coefficient (Wildman–Crippen LogP) is 3.12. The normalized spacial score (nSPS) is 10.3. The molecule has 0 unspecified atom stereocenters. The molecular weight excluding hydrogens is 388 g/mol. The highest BCUT2D eigenvalue weighted by atomic mass is 35.5. The number of rotatable bonds is 6. The van der Waals surface area contributed by atoms with Crippen molar-refractivity contribution in [3.8, 4) is 0 Å². The Morgan fingerprint density at radius 1 is 1.18 bits per heavy atom. The van der Waals surface area contributed by atoms with Crippen LogP contribution >= 0.6 is 11.6 Å². The van der Waals surface area contributed by atoms with Gasteiger partial charge in [0.1, 0.15) is 5.56 Å². The van der Waals surface area contributed by atoms with Crippen LogP contribution in [-0.4, -0.2) is 25.8 Å². The summed E-state index contributed by atoms with van der Waals surface area (Å²) in [6.07, 6.45) is 0. The first kappa shape index (κ1) is 19.0. The van der Waals surface area contributed by atoms with Gasteiger partial charge in [-0.1, -0.05) is 29.8 Å². The highest BCUT2D eigenvalue weighted by Crippen LogP contribution is 2.24. The monoisotopic (exact) mass is 400 g/mol. The van der Waals surface area contributed by atoms with Gasteiger partial charge in [-0.3, -0.25) is 10.1 Å². The molecule has 0 spiro atoms. The molecular formula is C17H13ClN6O4. The molecule has 11 heteroatoms. The van der Waals surface area contributed by atoms with Gasteiger partial charge in [-0.2, -0.15) is 15.0 Å². The summed E-state index contributed by atoms with van der Waals surface area (Å²) in [5, 5.41) is 14.2. The molecule has 1 heterocycles. The van der Waals surface area contributed by atoms with Crippen LogP contribution in [0.4, 0.5) is 23.3 Å². The van der Waals surface area contributed by atoms with Gasteiger partial charge in [0.05, 0.1) is 4.92 Å². The molecule has 28 heavy (non-hydrogen) atoms. The zero-order valence-electron chi connectivity index (χ0n) is 14.2. The Labute approximate surface area is 163 Å². The molecule has 0 atom stereocenters. The molecule has 142 valence electrons. The number of esters is 1. The second-order valence-electron chi connectivity index (χ2n) is 5.42. The number of carbonyl (C=O) groups excluding carboxylic acids is 1. The molecule has 2 aromatic carbocycles. The lowest BCUT2D eigenvalue weighted by Gasteiger charge is -2.08. The third-order valence-corrected chi connectivity index (χ3v) is 3.67. The number of hydrogen-bond donors (Lipinski definition) is 2. The minimum Gasteiger partial charge on any atom is -0.454 e. The molecule has 0 aliphatic heterocycles. The Morgan fingerprint density at radius 2 is 1.93 bits per heavy atom. The van der Waals surface area contributed by atoms with E-state index in [1.54, 1.807) is 12.1 Å². The number of benzene rings is 2. The van der Waals surface area contributed by atoms with E-state index in [-0.39, 0.29) is 34.9 Å². The van der Waals surface area contributed by atoms with Crippen molar-refractivity contribution in [2.45, 2.75) is 6.61 Å². The molecule has 10 nitrogen and oxygen atoms in total. The van der Waals surface area contributed by atoms with E-state index >= 15 is 0 Å². The summed E-state index contributed by atoms with van der Waals surface area (Å²) < 4.78 is 5.08. The molecule has 1 aromatic heterocycles. The first-order valence-corrected chi connectivity index (χ1v) is 8.24. The molecule has 3 rings (SSSR count). The second-order valence-corrected chi connectivity index (χ2v) is 5.86. The third-order valence-electron chi connectivity index (χ3n) is 3.44. The van der Waals surface area contributed by atoms with Gasteiger partial charge in [0.15, 0.2) is 12.4 Å². The summed E-state index contributed by atoms with van der Waals surface area (Å²) in [7, 11) is 0. The number of anilines is 3. The standard InChI is InChI=1S/C17H13ClN6O4/c18-10-6-7-12(13(8-10)24(26)27)15(25)28-9-14-21-16(19)23-17(22-14)20-11-4-2-1-3-5-11/h1-8H,9H2,(H3,19,20,21,22,23). The summed E-state index contributed by atoms with van der Waals surface area (Å²) in [6.45, 7) is -0.352. The van der Waals surface area contributed by atoms with E-state index < -0.39 is 16.6 Å². The number of halogens is 1. The van der Waals surface area contributed by atoms with Gasteiger partial charge in [0.25, 0.3) is 5.69 Å². The second kappa shape index (κ2) is 8.27. The lowest BCUT2D eigenvalue weighted by Crippen LogP contribution is -2.12.